The van der Waals surface area contributed by atoms with Crippen molar-refractivity contribution in [2.75, 3.05) is 25.0 Å². The van der Waals surface area contributed by atoms with Crippen LogP contribution in [-0.4, -0.2) is 40.3 Å². The van der Waals surface area contributed by atoms with Gasteiger partial charge in [-0.25, -0.2) is 9.48 Å². The maximum absolute atomic E-state index is 12.9. The van der Waals surface area contributed by atoms with E-state index in [4.69, 9.17) is 0 Å². The van der Waals surface area contributed by atoms with Crippen LogP contribution in [0.25, 0.3) is 10.8 Å². The van der Waals surface area contributed by atoms with E-state index in [9.17, 15) is 22.8 Å². The number of halogens is 3. The van der Waals surface area contributed by atoms with Crippen LogP contribution in [0.1, 0.15) is 24.1 Å². The van der Waals surface area contributed by atoms with E-state index in [1.807, 2.05) is 0 Å². The number of hydrogen-bond acceptors (Lipinski definition) is 4. The summed E-state index contributed by atoms with van der Waals surface area (Å²) >= 11 is 0. The molecule has 0 bridgehead atoms. The van der Waals surface area contributed by atoms with Crippen molar-refractivity contribution in [2.45, 2.75) is 32.1 Å². The number of nitrogens with zero attached hydrogens (tertiary/aromatic N) is 3. The molecule has 1 aliphatic heterocycles. The molecule has 0 spiro atoms. The van der Waals surface area contributed by atoms with E-state index < -0.39 is 17.8 Å². The highest BCUT2D eigenvalue weighted by atomic mass is 19.4. The third-order valence-corrected chi connectivity index (χ3v) is 5.64. The van der Waals surface area contributed by atoms with Crippen LogP contribution in [0.15, 0.2) is 53.3 Å². The van der Waals surface area contributed by atoms with Gasteiger partial charge in [0.2, 0.25) is 0 Å². The van der Waals surface area contributed by atoms with Gasteiger partial charge in [0.15, 0.2) is 0 Å². The van der Waals surface area contributed by atoms with Crippen molar-refractivity contribution in [2.24, 2.45) is 0 Å². The van der Waals surface area contributed by atoms with E-state index in [1.165, 1.54) is 16.8 Å². The molecule has 33 heavy (non-hydrogen) atoms. The molecule has 0 radical (unpaired) electrons. The number of fused-ring (bicyclic) bond motifs is 1. The van der Waals surface area contributed by atoms with Crippen molar-refractivity contribution in [1.82, 2.24) is 20.0 Å². The molecular formula is C23H24F3N5O2. The lowest BCUT2D eigenvalue weighted by atomic mass is 10.1. The second kappa shape index (κ2) is 9.62. The Hall–Kier alpha value is -3.40. The minimum absolute atomic E-state index is 0.00923. The molecule has 0 atom stereocenters. The molecule has 0 saturated carbocycles. The zero-order valence-electron chi connectivity index (χ0n) is 17.9. The molecule has 7 nitrogen and oxygen atoms in total. The zero-order chi connectivity index (χ0) is 23.4. The average Bonchev–Trinajstić information content (AvgIpc) is 3.31. The van der Waals surface area contributed by atoms with Gasteiger partial charge in [0.1, 0.15) is 0 Å². The Morgan fingerprint density at radius 3 is 2.45 bits per heavy atom. The molecule has 0 unspecified atom stereocenters. The Morgan fingerprint density at radius 2 is 1.73 bits per heavy atom. The number of amides is 2. The predicted octanol–water partition coefficient (Wildman–Crippen LogP) is 3.83. The molecule has 174 valence electrons. The molecular weight excluding hydrogens is 435 g/mol. The smallest absolute Gasteiger partial charge is 0.332 e. The van der Waals surface area contributed by atoms with Gasteiger partial charge in [0, 0.05) is 17.6 Å². The lowest BCUT2D eigenvalue weighted by Gasteiger charge is -2.16. The van der Waals surface area contributed by atoms with Crippen molar-refractivity contribution >= 4 is 22.5 Å². The second-order valence-electron chi connectivity index (χ2n) is 7.96. The van der Waals surface area contributed by atoms with Crippen molar-refractivity contribution in [3.63, 3.8) is 0 Å². The maximum atomic E-state index is 12.9. The Balaban J connectivity index is 1.49. The Bertz CT molecular complexity index is 1200. The number of aromatic nitrogens is 2. The molecule has 0 aliphatic carbocycles. The van der Waals surface area contributed by atoms with Gasteiger partial charge in [-0.2, -0.15) is 18.3 Å². The summed E-state index contributed by atoms with van der Waals surface area (Å²) in [5, 5.41) is 10.6. The number of nitrogens with one attached hydrogen (secondary N) is 2. The third kappa shape index (κ3) is 5.51. The molecule has 1 saturated heterocycles. The summed E-state index contributed by atoms with van der Waals surface area (Å²) < 4.78 is 40.1. The van der Waals surface area contributed by atoms with Gasteiger partial charge in [0.05, 0.1) is 29.7 Å². The SMILES string of the molecule is O=C(NCc1nn(CCN2CCCC2)c(=O)c2ccccc12)Nc1cccc(C(F)(F)F)c1. The van der Waals surface area contributed by atoms with E-state index in [0.717, 1.165) is 38.1 Å². The fourth-order valence-electron chi connectivity index (χ4n) is 3.94. The summed E-state index contributed by atoms with van der Waals surface area (Å²) in [5.74, 6) is 0. The molecule has 1 fully saturated rings. The molecule has 4 rings (SSSR count). The summed E-state index contributed by atoms with van der Waals surface area (Å²) in [6, 6.07) is 10.8. The van der Waals surface area contributed by atoms with Crippen molar-refractivity contribution < 1.29 is 18.0 Å². The van der Waals surface area contributed by atoms with Crippen LogP contribution in [0.5, 0.6) is 0 Å². The first-order valence-corrected chi connectivity index (χ1v) is 10.7. The fraction of sp³-hybridized carbons (Fsp3) is 0.348. The first-order chi connectivity index (χ1) is 15.8. The Labute approximate surface area is 188 Å². The largest absolute Gasteiger partial charge is 0.416 e. The first kappa shape index (κ1) is 22.8. The highest BCUT2D eigenvalue weighted by Gasteiger charge is 2.30. The molecule has 1 aliphatic rings. The minimum atomic E-state index is -4.50. The van der Waals surface area contributed by atoms with Gasteiger partial charge < -0.3 is 15.5 Å². The van der Waals surface area contributed by atoms with E-state index in [1.54, 1.807) is 24.3 Å². The van der Waals surface area contributed by atoms with Gasteiger partial charge in [-0.15, -0.1) is 0 Å². The topological polar surface area (TPSA) is 79.3 Å². The summed E-state index contributed by atoms with van der Waals surface area (Å²) in [4.78, 5) is 27.5. The molecule has 2 heterocycles. The monoisotopic (exact) mass is 459 g/mol. The highest BCUT2D eigenvalue weighted by molar-refractivity contribution is 5.90. The highest BCUT2D eigenvalue weighted by Crippen LogP contribution is 2.30. The minimum Gasteiger partial charge on any atom is -0.332 e. The van der Waals surface area contributed by atoms with Gasteiger partial charge in [0.25, 0.3) is 5.56 Å². The molecule has 2 N–H and O–H groups in total. The summed E-state index contributed by atoms with van der Waals surface area (Å²) in [6.45, 7) is 3.18. The van der Waals surface area contributed by atoms with Crippen LogP contribution < -0.4 is 16.2 Å². The van der Waals surface area contributed by atoms with Crippen LogP contribution >= 0.6 is 0 Å². The molecule has 2 amide bonds. The fourth-order valence-corrected chi connectivity index (χ4v) is 3.94. The summed E-state index contributed by atoms with van der Waals surface area (Å²) in [5.41, 5.74) is -0.512. The van der Waals surface area contributed by atoms with E-state index in [0.29, 0.717) is 29.6 Å². The normalized spacial score (nSPS) is 14.5. The summed E-state index contributed by atoms with van der Waals surface area (Å²) in [6.07, 6.45) is -2.20. The van der Waals surface area contributed by atoms with Crippen LogP contribution in [0.2, 0.25) is 0 Å². The van der Waals surface area contributed by atoms with Crippen molar-refractivity contribution in [3.05, 3.63) is 70.1 Å². The maximum Gasteiger partial charge on any atom is 0.416 e. The number of anilines is 1. The van der Waals surface area contributed by atoms with E-state index >= 15 is 0 Å². The number of carbonyl (C=O) groups excluding carboxylic acids is 1. The van der Waals surface area contributed by atoms with E-state index in [-0.39, 0.29) is 17.8 Å². The second-order valence-corrected chi connectivity index (χ2v) is 7.96. The Kier molecular flexibility index (Phi) is 6.64. The van der Waals surface area contributed by atoms with Crippen LogP contribution in [0.4, 0.5) is 23.7 Å². The van der Waals surface area contributed by atoms with Gasteiger partial charge in [-0.1, -0.05) is 24.3 Å². The van der Waals surface area contributed by atoms with Crippen LogP contribution in [0, 0.1) is 0 Å². The lowest BCUT2D eigenvalue weighted by Crippen LogP contribution is -2.33. The third-order valence-electron chi connectivity index (χ3n) is 5.64. The molecule has 1 aromatic heterocycles. The molecule has 10 heteroatoms. The summed E-state index contributed by atoms with van der Waals surface area (Å²) in [7, 11) is 0. The van der Waals surface area contributed by atoms with Crippen LogP contribution in [0.3, 0.4) is 0 Å². The number of urea groups is 1. The molecule has 2 aromatic carbocycles. The van der Waals surface area contributed by atoms with Crippen molar-refractivity contribution in [3.8, 4) is 0 Å². The lowest BCUT2D eigenvalue weighted by molar-refractivity contribution is -0.137. The molecule has 3 aromatic rings. The van der Waals surface area contributed by atoms with Crippen molar-refractivity contribution in [1.29, 1.82) is 0 Å². The number of carbonyl (C=O) groups is 1. The Morgan fingerprint density at radius 1 is 1.00 bits per heavy atom. The standard InChI is InChI=1S/C23H24F3N5O2/c24-23(25,26)16-6-5-7-17(14-16)28-22(33)27-15-20-18-8-1-2-9-19(18)21(32)31(29-20)13-12-30-10-3-4-11-30/h1-2,5-9,14H,3-4,10-13,15H2,(H2,27,28,33). The number of hydrogen-bond donors (Lipinski definition) is 2. The van der Waals surface area contributed by atoms with Crippen LogP contribution in [-0.2, 0) is 19.3 Å². The van der Waals surface area contributed by atoms with Gasteiger partial charge in [-0.3, -0.25) is 4.79 Å². The van der Waals surface area contributed by atoms with Gasteiger partial charge in [-0.05, 0) is 50.2 Å². The predicted molar refractivity (Wildman–Crippen MR) is 119 cm³/mol. The quantitative estimate of drug-likeness (QED) is 0.587. The first-order valence-electron chi connectivity index (χ1n) is 10.7. The zero-order valence-corrected chi connectivity index (χ0v) is 17.9. The van der Waals surface area contributed by atoms with Gasteiger partial charge >= 0.3 is 12.2 Å². The number of benzene rings is 2. The van der Waals surface area contributed by atoms with E-state index in [2.05, 4.69) is 20.6 Å². The average molecular weight is 459 g/mol. The number of alkyl halides is 3. The number of likely N-dealkylation sites (tertiary alicyclic amines) is 1. The number of rotatable bonds is 6.